The molecule has 29 heavy (non-hydrogen) atoms. The number of aliphatic imine (C=N–C) groups is 1. The minimum Gasteiger partial charge on any atom is -0.488 e. The SMILES string of the molecule is O=C(NC[C@H]1Cc2ccccc2O1)Nc1cccc(S(=O)(=O)NC2=NCCC2)c1. The standard InChI is InChI=1S/C20H22N4O4S/c25-20(22-13-16-11-14-5-1-2-8-18(14)28-16)23-15-6-3-7-17(12-15)29(26,27)24-19-9-4-10-21-19/h1-3,5-8,12,16H,4,9-11,13H2,(H,21,24)(H2,22,23,25)/t16-/m1/s1. The van der Waals surface area contributed by atoms with Crippen LogP contribution in [0.15, 0.2) is 58.4 Å². The summed E-state index contributed by atoms with van der Waals surface area (Å²) in [6.45, 7) is 0.981. The molecule has 0 aliphatic carbocycles. The fourth-order valence-corrected chi connectivity index (χ4v) is 4.46. The lowest BCUT2D eigenvalue weighted by Crippen LogP contribution is -2.37. The van der Waals surface area contributed by atoms with Gasteiger partial charge in [-0.15, -0.1) is 0 Å². The van der Waals surface area contributed by atoms with E-state index in [1.165, 1.54) is 12.1 Å². The number of hydrogen-bond acceptors (Lipinski definition) is 5. The number of urea groups is 1. The molecule has 0 unspecified atom stereocenters. The Labute approximate surface area is 169 Å². The summed E-state index contributed by atoms with van der Waals surface area (Å²) in [6, 6.07) is 13.5. The fourth-order valence-electron chi connectivity index (χ4n) is 3.33. The van der Waals surface area contributed by atoms with Crippen LogP contribution in [0, 0.1) is 0 Å². The van der Waals surface area contributed by atoms with Crippen molar-refractivity contribution in [2.45, 2.75) is 30.3 Å². The highest BCUT2D eigenvalue weighted by Gasteiger charge is 2.23. The van der Waals surface area contributed by atoms with Gasteiger partial charge in [-0.2, -0.15) is 0 Å². The number of carbonyl (C=O) groups is 1. The van der Waals surface area contributed by atoms with Crippen molar-refractivity contribution in [3.63, 3.8) is 0 Å². The van der Waals surface area contributed by atoms with Gasteiger partial charge in [0.2, 0.25) is 0 Å². The summed E-state index contributed by atoms with van der Waals surface area (Å²) in [5.74, 6) is 1.32. The number of rotatable bonds is 5. The first kappa shape index (κ1) is 19.3. The first-order valence-corrected chi connectivity index (χ1v) is 10.9. The number of amidine groups is 1. The molecule has 152 valence electrons. The van der Waals surface area contributed by atoms with Crippen LogP contribution >= 0.6 is 0 Å². The van der Waals surface area contributed by atoms with E-state index in [1.807, 2.05) is 24.3 Å². The average Bonchev–Trinajstić information content (AvgIpc) is 3.35. The molecule has 0 saturated carbocycles. The van der Waals surface area contributed by atoms with Crippen molar-refractivity contribution in [3.8, 4) is 5.75 Å². The summed E-state index contributed by atoms with van der Waals surface area (Å²) in [4.78, 5) is 16.4. The Hall–Kier alpha value is -3.07. The summed E-state index contributed by atoms with van der Waals surface area (Å²) in [5.41, 5.74) is 1.51. The minimum atomic E-state index is -3.73. The van der Waals surface area contributed by atoms with E-state index in [9.17, 15) is 13.2 Å². The van der Waals surface area contributed by atoms with Gasteiger partial charge < -0.3 is 15.4 Å². The maximum atomic E-state index is 12.5. The van der Waals surface area contributed by atoms with Gasteiger partial charge in [0.15, 0.2) is 0 Å². The number of sulfonamides is 1. The molecule has 4 rings (SSSR count). The smallest absolute Gasteiger partial charge is 0.319 e. The van der Waals surface area contributed by atoms with Crippen molar-refractivity contribution in [1.29, 1.82) is 0 Å². The van der Waals surface area contributed by atoms with Gasteiger partial charge >= 0.3 is 6.03 Å². The van der Waals surface area contributed by atoms with Crippen molar-refractivity contribution in [1.82, 2.24) is 10.0 Å². The Balaban J connectivity index is 1.32. The number of para-hydroxylation sites is 1. The lowest BCUT2D eigenvalue weighted by molar-refractivity contribution is 0.219. The predicted octanol–water partition coefficient (Wildman–Crippen LogP) is 2.28. The Kier molecular flexibility index (Phi) is 5.39. The predicted molar refractivity (Wildman–Crippen MR) is 110 cm³/mol. The van der Waals surface area contributed by atoms with Crippen LogP contribution < -0.4 is 20.1 Å². The number of amides is 2. The van der Waals surface area contributed by atoms with E-state index < -0.39 is 16.1 Å². The summed E-state index contributed by atoms with van der Waals surface area (Å²) >= 11 is 0. The molecular weight excluding hydrogens is 392 g/mol. The second-order valence-corrected chi connectivity index (χ2v) is 8.63. The molecule has 2 heterocycles. The van der Waals surface area contributed by atoms with Crippen molar-refractivity contribution in [2.75, 3.05) is 18.4 Å². The molecule has 3 N–H and O–H groups in total. The molecule has 9 heteroatoms. The summed E-state index contributed by atoms with van der Waals surface area (Å²) in [5, 5.41) is 5.43. The molecule has 1 atom stereocenters. The zero-order chi connectivity index (χ0) is 20.3. The number of nitrogens with one attached hydrogen (secondary N) is 3. The van der Waals surface area contributed by atoms with E-state index in [-0.39, 0.29) is 11.0 Å². The van der Waals surface area contributed by atoms with Crippen LogP contribution in [-0.2, 0) is 16.4 Å². The fraction of sp³-hybridized carbons (Fsp3) is 0.300. The van der Waals surface area contributed by atoms with E-state index in [4.69, 9.17) is 4.74 Å². The molecule has 0 bridgehead atoms. The second kappa shape index (κ2) is 8.12. The quantitative estimate of drug-likeness (QED) is 0.697. The Morgan fingerprint density at radius 1 is 1.17 bits per heavy atom. The molecule has 0 fully saturated rings. The number of ether oxygens (including phenoxy) is 1. The van der Waals surface area contributed by atoms with Gasteiger partial charge in [0.1, 0.15) is 17.7 Å². The third-order valence-corrected chi connectivity index (χ3v) is 6.11. The van der Waals surface area contributed by atoms with E-state index in [2.05, 4.69) is 20.3 Å². The van der Waals surface area contributed by atoms with Crippen LogP contribution in [0.2, 0.25) is 0 Å². The van der Waals surface area contributed by atoms with Crippen LogP contribution in [0.5, 0.6) is 5.75 Å². The zero-order valence-corrected chi connectivity index (χ0v) is 16.5. The number of nitrogens with zero attached hydrogens (tertiary/aromatic N) is 1. The molecule has 2 aliphatic heterocycles. The van der Waals surface area contributed by atoms with Gasteiger partial charge in [0, 0.05) is 25.1 Å². The Morgan fingerprint density at radius 3 is 2.83 bits per heavy atom. The van der Waals surface area contributed by atoms with Crippen molar-refractivity contribution in [2.24, 2.45) is 4.99 Å². The minimum absolute atomic E-state index is 0.0690. The van der Waals surface area contributed by atoms with Crippen molar-refractivity contribution in [3.05, 3.63) is 54.1 Å². The van der Waals surface area contributed by atoms with Crippen molar-refractivity contribution < 1.29 is 17.9 Å². The lowest BCUT2D eigenvalue weighted by atomic mass is 10.1. The van der Waals surface area contributed by atoms with Gasteiger partial charge in [-0.05, 0) is 36.2 Å². The Morgan fingerprint density at radius 2 is 2.03 bits per heavy atom. The van der Waals surface area contributed by atoms with E-state index in [0.717, 1.165) is 24.2 Å². The molecule has 0 saturated heterocycles. The maximum Gasteiger partial charge on any atom is 0.319 e. The molecule has 2 aromatic rings. The highest BCUT2D eigenvalue weighted by Crippen LogP contribution is 2.27. The van der Waals surface area contributed by atoms with Crippen LogP contribution in [0.3, 0.4) is 0 Å². The lowest BCUT2D eigenvalue weighted by Gasteiger charge is -2.13. The highest BCUT2D eigenvalue weighted by atomic mass is 32.2. The molecule has 2 aromatic carbocycles. The topological polar surface area (TPSA) is 109 Å². The van der Waals surface area contributed by atoms with E-state index >= 15 is 0 Å². The molecule has 0 spiro atoms. The molecule has 0 radical (unpaired) electrons. The molecule has 8 nitrogen and oxygen atoms in total. The number of carbonyl (C=O) groups excluding carboxylic acids is 1. The molecular formula is C20H22N4O4S. The van der Waals surface area contributed by atoms with Crippen LogP contribution in [-0.4, -0.2) is 39.5 Å². The Bertz CT molecular complexity index is 1030. The molecule has 2 aliphatic rings. The van der Waals surface area contributed by atoms with Gasteiger partial charge in [-0.3, -0.25) is 9.71 Å². The first-order chi connectivity index (χ1) is 14.0. The molecule has 2 amide bonds. The summed E-state index contributed by atoms with van der Waals surface area (Å²) in [6.07, 6.45) is 2.07. The third-order valence-electron chi connectivity index (χ3n) is 4.73. The number of fused-ring (bicyclic) bond motifs is 1. The van der Waals surface area contributed by atoms with E-state index in [0.29, 0.717) is 31.0 Å². The summed E-state index contributed by atoms with van der Waals surface area (Å²) < 4.78 is 33.3. The monoisotopic (exact) mass is 414 g/mol. The number of benzene rings is 2. The first-order valence-electron chi connectivity index (χ1n) is 9.45. The average molecular weight is 414 g/mol. The van der Waals surface area contributed by atoms with Gasteiger partial charge in [-0.1, -0.05) is 24.3 Å². The van der Waals surface area contributed by atoms with Gasteiger partial charge in [0.25, 0.3) is 10.0 Å². The van der Waals surface area contributed by atoms with Crippen LogP contribution in [0.4, 0.5) is 10.5 Å². The normalized spacial score (nSPS) is 17.8. The second-order valence-electron chi connectivity index (χ2n) is 6.95. The van der Waals surface area contributed by atoms with Crippen LogP contribution in [0.1, 0.15) is 18.4 Å². The van der Waals surface area contributed by atoms with E-state index in [1.54, 1.807) is 12.1 Å². The summed E-state index contributed by atoms with van der Waals surface area (Å²) in [7, 11) is -3.73. The molecule has 0 aromatic heterocycles. The van der Waals surface area contributed by atoms with Gasteiger partial charge in [-0.25, -0.2) is 13.2 Å². The largest absolute Gasteiger partial charge is 0.488 e. The third kappa shape index (κ3) is 4.68. The number of hydrogen-bond donors (Lipinski definition) is 3. The zero-order valence-electron chi connectivity index (χ0n) is 15.7. The van der Waals surface area contributed by atoms with Crippen molar-refractivity contribution >= 4 is 27.6 Å². The van der Waals surface area contributed by atoms with Crippen LogP contribution in [0.25, 0.3) is 0 Å². The number of anilines is 1. The highest BCUT2D eigenvalue weighted by molar-refractivity contribution is 7.90. The maximum absolute atomic E-state index is 12.5. The van der Waals surface area contributed by atoms with Gasteiger partial charge in [0.05, 0.1) is 11.4 Å².